The van der Waals surface area contributed by atoms with Gasteiger partial charge in [0, 0.05) is 40.3 Å². The Hall–Kier alpha value is -3.10. The Morgan fingerprint density at radius 2 is 1.74 bits per heavy atom. The van der Waals surface area contributed by atoms with Crippen LogP contribution in [0.4, 0.5) is 0 Å². The Kier molecular flexibility index (Phi) is 16.2. The van der Waals surface area contributed by atoms with Crippen molar-refractivity contribution in [1.82, 2.24) is 35.5 Å². The first-order valence-corrected chi connectivity index (χ1v) is 16.8. The van der Waals surface area contributed by atoms with Crippen LogP contribution in [0.5, 0.6) is 0 Å². The van der Waals surface area contributed by atoms with Gasteiger partial charge in [-0.25, -0.2) is 0 Å². The zero-order valence-corrected chi connectivity index (χ0v) is 30.3. The third-order valence-corrected chi connectivity index (χ3v) is 9.45. The van der Waals surface area contributed by atoms with Crippen LogP contribution in [0.15, 0.2) is 10.8 Å². The number of rotatable bonds is 19. The summed E-state index contributed by atoms with van der Waals surface area (Å²) in [7, 11) is 8.50. The first-order valence-electron chi connectivity index (χ1n) is 16.8. The molecule has 1 aromatic heterocycles. The van der Waals surface area contributed by atoms with Crippen LogP contribution in [0.3, 0.4) is 0 Å². The molecule has 0 radical (unpaired) electrons. The van der Waals surface area contributed by atoms with E-state index in [9.17, 15) is 19.2 Å². The number of amides is 4. The maximum absolute atomic E-state index is 13.9. The van der Waals surface area contributed by atoms with E-state index in [1.165, 1.54) is 6.39 Å². The van der Waals surface area contributed by atoms with E-state index >= 15 is 0 Å². The molecule has 2 rings (SSSR count). The maximum Gasteiger partial charge on any atom is 0.242 e. The van der Waals surface area contributed by atoms with Crippen LogP contribution in [-0.2, 0) is 35.1 Å². The van der Waals surface area contributed by atoms with Crippen molar-refractivity contribution in [2.75, 3.05) is 48.5 Å². The molecule has 0 aromatic carbocycles. The smallest absolute Gasteiger partial charge is 0.242 e. The summed E-state index contributed by atoms with van der Waals surface area (Å²) in [6.45, 7) is 12.1. The average molecular weight is 666 g/mol. The number of carbonyl (C=O) groups is 4. The number of nitrogens with one attached hydrogen (secondary N) is 2. The predicted molar refractivity (Wildman–Crippen MR) is 177 cm³/mol. The van der Waals surface area contributed by atoms with Gasteiger partial charge in [0.2, 0.25) is 35.9 Å². The lowest BCUT2D eigenvalue weighted by molar-refractivity contribution is -0.146. The molecule has 1 aromatic rings. The molecule has 0 bridgehead atoms. The molecule has 0 aliphatic carbocycles. The minimum Gasteiger partial charge on any atom is -0.428 e. The number of aromatic nitrogens is 2. The molecule has 268 valence electrons. The topological polar surface area (TPSA) is 159 Å². The third-order valence-electron chi connectivity index (χ3n) is 9.45. The quantitative estimate of drug-likeness (QED) is 0.223. The minimum absolute atomic E-state index is 0.0153. The Labute approximate surface area is 280 Å². The number of nitrogens with zero attached hydrogens (tertiary/aromatic N) is 5. The number of hydrogen-bond acceptors (Lipinski definition) is 10. The fourth-order valence-electron chi connectivity index (χ4n) is 6.82. The summed E-state index contributed by atoms with van der Waals surface area (Å²) in [5.41, 5.74) is 0. The lowest BCUT2D eigenvalue weighted by Gasteiger charge is -2.39. The van der Waals surface area contributed by atoms with Gasteiger partial charge in [-0.1, -0.05) is 41.0 Å². The largest absolute Gasteiger partial charge is 0.428 e. The van der Waals surface area contributed by atoms with Crippen molar-refractivity contribution in [1.29, 1.82) is 0 Å². The molecule has 1 aliphatic heterocycles. The van der Waals surface area contributed by atoms with Gasteiger partial charge in [-0.3, -0.25) is 24.1 Å². The van der Waals surface area contributed by atoms with E-state index in [2.05, 4.69) is 20.8 Å². The molecule has 8 unspecified atom stereocenters. The highest BCUT2D eigenvalue weighted by molar-refractivity contribution is 5.87. The maximum atomic E-state index is 13.9. The summed E-state index contributed by atoms with van der Waals surface area (Å²) in [5, 5.41) is 13.4. The molecule has 47 heavy (non-hydrogen) atoms. The summed E-state index contributed by atoms with van der Waals surface area (Å²) in [6, 6.07) is -1.29. The van der Waals surface area contributed by atoms with Crippen molar-refractivity contribution in [2.24, 2.45) is 17.8 Å². The van der Waals surface area contributed by atoms with Crippen LogP contribution >= 0.6 is 0 Å². The molecule has 2 heterocycles. The van der Waals surface area contributed by atoms with E-state index in [-0.39, 0.29) is 66.6 Å². The van der Waals surface area contributed by atoms with E-state index in [0.29, 0.717) is 25.3 Å². The van der Waals surface area contributed by atoms with Gasteiger partial charge in [-0.2, -0.15) is 0 Å². The van der Waals surface area contributed by atoms with Crippen molar-refractivity contribution < 1.29 is 33.1 Å². The fraction of sp³-hybridized carbons (Fsp3) is 0.818. The Morgan fingerprint density at radius 3 is 2.28 bits per heavy atom. The number of ether oxygens (including phenoxy) is 2. The number of likely N-dealkylation sites (tertiary alicyclic amines) is 1. The van der Waals surface area contributed by atoms with E-state index < -0.39 is 24.2 Å². The summed E-state index contributed by atoms with van der Waals surface area (Å²) in [5.74, 6) is -0.776. The van der Waals surface area contributed by atoms with Crippen LogP contribution in [0.25, 0.3) is 0 Å². The molecule has 4 amide bonds. The summed E-state index contributed by atoms with van der Waals surface area (Å²) in [4.78, 5) is 58.7. The van der Waals surface area contributed by atoms with E-state index in [1.807, 2.05) is 60.5 Å². The molecule has 1 saturated heterocycles. The Bertz CT molecular complexity index is 1120. The summed E-state index contributed by atoms with van der Waals surface area (Å²) < 4.78 is 17.0. The molecule has 14 heteroatoms. The van der Waals surface area contributed by atoms with Crippen LogP contribution in [0, 0.1) is 17.8 Å². The minimum atomic E-state index is -0.583. The number of carbonyl (C=O) groups excluding carboxylic acids is 4. The Balaban J connectivity index is 2.13. The molecule has 0 spiro atoms. The lowest BCUT2D eigenvalue weighted by atomic mass is 9.90. The highest BCUT2D eigenvalue weighted by atomic mass is 16.5. The molecule has 14 nitrogen and oxygen atoms in total. The van der Waals surface area contributed by atoms with Crippen LogP contribution < -0.4 is 10.6 Å². The van der Waals surface area contributed by atoms with Crippen LogP contribution in [-0.4, -0.2) is 133 Å². The molecule has 1 aliphatic rings. The molecule has 0 saturated carbocycles. The standard InChI is InChI=1S/C33H59N7O7/c1-12-21(4)30(39(9)28(42)18-34-33(44)29(20(2)3)38(7)8)25(45-10)17-27(41)40-15-13-14-24(40)31(46-11)23(6)32(43)36-22(5)16-26-37-35-19-47-26/h19-25,29-31H,12-18H2,1-11H3,(H,34,44)(H,36,43). The summed E-state index contributed by atoms with van der Waals surface area (Å²) in [6.07, 6.45) is 2.85. The third kappa shape index (κ3) is 11.0. The normalized spacial score (nSPS) is 19.5. The zero-order valence-electron chi connectivity index (χ0n) is 30.3. The van der Waals surface area contributed by atoms with E-state index in [0.717, 1.165) is 12.8 Å². The first kappa shape index (κ1) is 40.1. The number of methoxy groups -OCH3 is 2. The second kappa shape index (κ2) is 19.0. The van der Waals surface area contributed by atoms with Gasteiger partial charge in [0.1, 0.15) is 0 Å². The highest BCUT2D eigenvalue weighted by Gasteiger charge is 2.42. The summed E-state index contributed by atoms with van der Waals surface area (Å²) >= 11 is 0. The Morgan fingerprint density at radius 1 is 1.06 bits per heavy atom. The monoisotopic (exact) mass is 665 g/mol. The van der Waals surface area contributed by atoms with Gasteiger partial charge in [-0.15, -0.1) is 10.2 Å². The predicted octanol–water partition coefficient (Wildman–Crippen LogP) is 1.74. The second-order valence-corrected chi connectivity index (χ2v) is 13.5. The van der Waals surface area contributed by atoms with Gasteiger partial charge >= 0.3 is 0 Å². The van der Waals surface area contributed by atoms with Gasteiger partial charge in [0.05, 0.1) is 49.2 Å². The number of likely N-dealkylation sites (N-methyl/N-ethyl adjacent to an activating group) is 2. The molecule has 2 N–H and O–H groups in total. The fourth-order valence-corrected chi connectivity index (χ4v) is 6.82. The molecule has 8 atom stereocenters. The van der Waals surface area contributed by atoms with Crippen LogP contribution in [0.1, 0.15) is 73.1 Å². The van der Waals surface area contributed by atoms with Crippen molar-refractivity contribution in [3.8, 4) is 0 Å². The molecular formula is C33H59N7O7. The number of hydrogen-bond donors (Lipinski definition) is 2. The van der Waals surface area contributed by atoms with Crippen molar-refractivity contribution >= 4 is 23.6 Å². The highest BCUT2D eigenvalue weighted by Crippen LogP contribution is 2.29. The van der Waals surface area contributed by atoms with Gasteiger partial charge < -0.3 is 34.3 Å². The van der Waals surface area contributed by atoms with Crippen molar-refractivity contribution in [2.45, 2.75) is 110 Å². The average Bonchev–Trinajstić information content (AvgIpc) is 3.71. The van der Waals surface area contributed by atoms with Crippen LogP contribution in [0.2, 0.25) is 0 Å². The van der Waals surface area contributed by atoms with Gasteiger partial charge in [0.15, 0.2) is 0 Å². The SMILES string of the molecule is CCC(C)C(C(CC(=O)N1CCCC1C(OC)C(C)C(=O)NC(C)Cc1nnco1)OC)N(C)C(=O)CNC(=O)C(C(C)C)N(C)C. The van der Waals surface area contributed by atoms with E-state index in [1.54, 1.807) is 31.1 Å². The molecule has 1 fully saturated rings. The lowest BCUT2D eigenvalue weighted by Crippen LogP contribution is -2.55. The second-order valence-electron chi connectivity index (χ2n) is 13.5. The van der Waals surface area contributed by atoms with E-state index in [4.69, 9.17) is 13.9 Å². The van der Waals surface area contributed by atoms with Crippen molar-refractivity contribution in [3.05, 3.63) is 12.3 Å². The van der Waals surface area contributed by atoms with Gasteiger partial charge in [0.25, 0.3) is 0 Å². The van der Waals surface area contributed by atoms with Gasteiger partial charge in [-0.05, 0) is 45.7 Å². The molecular weight excluding hydrogens is 606 g/mol. The van der Waals surface area contributed by atoms with Crippen molar-refractivity contribution in [3.63, 3.8) is 0 Å². The first-order chi connectivity index (χ1) is 22.2. The zero-order chi connectivity index (χ0) is 35.4.